The third-order valence-corrected chi connectivity index (χ3v) is 2.63. The Morgan fingerprint density at radius 3 is 2.35 bits per heavy atom. The average molecular weight is 272 g/mol. The number of pyridine rings is 1. The van der Waals surface area contributed by atoms with E-state index in [-0.39, 0.29) is 16.1 Å². The molecular weight excluding hydrogens is 264 g/mol. The van der Waals surface area contributed by atoms with Gasteiger partial charge in [0.25, 0.3) is 0 Å². The topological polar surface area (TPSA) is 22.1 Å². The lowest BCUT2D eigenvalue weighted by Crippen LogP contribution is -1.89. The first-order valence-electron chi connectivity index (χ1n) is 4.77. The number of hydrogen-bond donors (Lipinski definition) is 0. The molecule has 0 saturated heterocycles. The molecule has 1 aromatic heterocycles. The number of rotatable bonds is 2. The Morgan fingerprint density at radius 2 is 1.76 bits per heavy atom. The minimum Gasteiger partial charge on any atom is -0.497 e. The van der Waals surface area contributed by atoms with Crippen molar-refractivity contribution in [2.24, 2.45) is 0 Å². The quantitative estimate of drug-likeness (QED) is 0.764. The minimum atomic E-state index is -0.371. The molecule has 0 radical (unpaired) electrons. The lowest BCUT2D eigenvalue weighted by molar-refractivity contribution is 0.414. The molecule has 0 aliphatic carbocycles. The molecule has 1 aromatic carbocycles. The van der Waals surface area contributed by atoms with Gasteiger partial charge < -0.3 is 4.74 Å². The molecule has 0 aliphatic heterocycles. The summed E-state index contributed by atoms with van der Waals surface area (Å²) in [5, 5.41) is 0.435. The Bertz CT molecular complexity index is 540. The molecule has 17 heavy (non-hydrogen) atoms. The Kier molecular flexibility index (Phi) is 3.50. The summed E-state index contributed by atoms with van der Waals surface area (Å²) in [6, 6.07) is 7.55. The third kappa shape index (κ3) is 2.68. The van der Waals surface area contributed by atoms with Crippen molar-refractivity contribution in [2.75, 3.05) is 7.11 Å². The highest BCUT2D eigenvalue weighted by atomic mass is 35.5. The van der Waals surface area contributed by atoms with E-state index in [1.165, 1.54) is 13.2 Å². The number of aromatic nitrogens is 1. The molecule has 2 rings (SSSR count). The van der Waals surface area contributed by atoms with Gasteiger partial charge in [0, 0.05) is 5.56 Å². The maximum absolute atomic E-state index is 13.7. The number of nitrogens with zero attached hydrogens (tertiary/aromatic N) is 1. The second-order valence-electron chi connectivity index (χ2n) is 3.35. The number of halogens is 3. The second-order valence-corrected chi connectivity index (χ2v) is 4.12. The van der Waals surface area contributed by atoms with Crippen molar-refractivity contribution in [3.8, 4) is 16.9 Å². The highest BCUT2D eigenvalue weighted by molar-refractivity contribution is 6.32. The Morgan fingerprint density at radius 1 is 1.12 bits per heavy atom. The predicted octanol–water partition coefficient (Wildman–Crippen LogP) is 4.20. The van der Waals surface area contributed by atoms with Crippen LogP contribution in [0, 0.1) is 5.82 Å². The van der Waals surface area contributed by atoms with Crippen LogP contribution in [-0.2, 0) is 0 Å². The summed E-state index contributed by atoms with van der Waals surface area (Å²) in [5.74, 6) is 0.189. The van der Waals surface area contributed by atoms with Gasteiger partial charge >= 0.3 is 0 Å². The van der Waals surface area contributed by atoms with Crippen molar-refractivity contribution in [1.29, 1.82) is 0 Å². The molecule has 0 amide bonds. The zero-order valence-electron chi connectivity index (χ0n) is 8.88. The molecule has 0 atom stereocenters. The molecule has 2 nitrogen and oxygen atoms in total. The van der Waals surface area contributed by atoms with Gasteiger partial charge in [0.05, 0.1) is 7.11 Å². The van der Waals surface area contributed by atoms with E-state index in [0.717, 1.165) is 0 Å². The summed E-state index contributed by atoms with van der Waals surface area (Å²) in [7, 11) is 1.52. The fourth-order valence-corrected chi connectivity index (χ4v) is 1.93. The van der Waals surface area contributed by atoms with Crippen LogP contribution in [0.5, 0.6) is 5.75 Å². The molecule has 0 aliphatic rings. The maximum atomic E-state index is 13.7. The van der Waals surface area contributed by atoms with Crippen molar-refractivity contribution in [3.05, 3.63) is 46.5 Å². The molecule has 0 unspecified atom stereocenters. The van der Waals surface area contributed by atoms with Gasteiger partial charge in [-0.1, -0.05) is 23.2 Å². The second kappa shape index (κ2) is 4.90. The van der Waals surface area contributed by atoms with Gasteiger partial charge in [-0.2, -0.15) is 0 Å². The molecule has 1 heterocycles. The Balaban J connectivity index is 2.58. The normalized spacial score (nSPS) is 10.4. The lowest BCUT2D eigenvalue weighted by atomic mass is 10.1. The largest absolute Gasteiger partial charge is 0.497 e. The van der Waals surface area contributed by atoms with E-state index in [0.29, 0.717) is 16.9 Å². The molecule has 0 N–H and O–H groups in total. The van der Waals surface area contributed by atoms with E-state index >= 15 is 0 Å². The number of ether oxygens (including phenoxy) is 1. The summed E-state index contributed by atoms with van der Waals surface area (Å²) in [4.78, 5) is 3.81. The molecule has 0 spiro atoms. The smallest absolute Gasteiger partial charge is 0.131 e. The molecule has 5 heteroatoms. The van der Waals surface area contributed by atoms with Crippen LogP contribution in [0.1, 0.15) is 0 Å². The van der Waals surface area contributed by atoms with E-state index in [1.54, 1.807) is 24.3 Å². The van der Waals surface area contributed by atoms with Gasteiger partial charge in [0.1, 0.15) is 21.9 Å². The van der Waals surface area contributed by atoms with Crippen molar-refractivity contribution in [2.45, 2.75) is 0 Å². The number of methoxy groups -OCH3 is 1. The van der Waals surface area contributed by atoms with Crippen molar-refractivity contribution >= 4 is 23.2 Å². The molecule has 0 saturated carbocycles. The fourth-order valence-electron chi connectivity index (χ4n) is 1.47. The summed E-state index contributed by atoms with van der Waals surface area (Å²) in [6.07, 6.45) is 0. The number of benzene rings is 1. The van der Waals surface area contributed by atoms with Crippen LogP contribution in [0.15, 0.2) is 30.3 Å². The van der Waals surface area contributed by atoms with E-state index in [9.17, 15) is 4.39 Å². The van der Waals surface area contributed by atoms with Gasteiger partial charge in [-0.15, -0.1) is 0 Å². The van der Waals surface area contributed by atoms with Crippen LogP contribution >= 0.6 is 23.2 Å². The molecule has 0 fully saturated rings. The summed E-state index contributed by atoms with van der Waals surface area (Å²) >= 11 is 11.6. The monoisotopic (exact) mass is 271 g/mol. The van der Waals surface area contributed by atoms with Crippen molar-refractivity contribution < 1.29 is 9.13 Å². The zero-order chi connectivity index (χ0) is 12.4. The SMILES string of the molecule is COc1ccc(F)c(-c2cc(Cl)nc(Cl)c2)c1. The van der Waals surface area contributed by atoms with Crippen LogP contribution < -0.4 is 4.74 Å². The number of hydrogen-bond acceptors (Lipinski definition) is 2. The van der Waals surface area contributed by atoms with Crippen LogP contribution in [0.4, 0.5) is 4.39 Å². The van der Waals surface area contributed by atoms with Crippen LogP contribution in [0.2, 0.25) is 10.3 Å². The van der Waals surface area contributed by atoms with Crippen LogP contribution in [0.3, 0.4) is 0 Å². The van der Waals surface area contributed by atoms with Crippen LogP contribution in [-0.4, -0.2) is 12.1 Å². The highest BCUT2D eigenvalue weighted by Gasteiger charge is 2.09. The average Bonchev–Trinajstić information content (AvgIpc) is 2.28. The fraction of sp³-hybridized carbons (Fsp3) is 0.0833. The Hall–Kier alpha value is -1.32. The summed E-state index contributed by atoms with van der Waals surface area (Å²) in [5.41, 5.74) is 0.932. The van der Waals surface area contributed by atoms with Gasteiger partial charge in [-0.05, 0) is 35.9 Å². The van der Waals surface area contributed by atoms with Crippen molar-refractivity contribution in [3.63, 3.8) is 0 Å². The van der Waals surface area contributed by atoms with Gasteiger partial charge in [0.15, 0.2) is 0 Å². The lowest BCUT2D eigenvalue weighted by Gasteiger charge is -2.07. The Labute approximate surface area is 108 Å². The standard InChI is InChI=1S/C12H8Cl2FNO/c1-17-8-2-3-10(15)9(6-8)7-4-11(13)16-12(14)5-7/h2-6H,1H3. The van der Waals surface area contributed by atoms with Gasteiger partial charge in [-0.3, -0.25) is 0 Å². The van der Waals surface area contributed by atoms with E-state index in [4.69, 9.17) is 27.9 Å². The zero-order valence-corrected chi connectivity index (χ0v) is 10.4. The first-order valence-corrected chi connectivity index (χ1v) is 5.53. The van der Waals surface area contributed by atoms with E-state index in [1.807, 2.05) is 0 Å². The molecule has 88 valence electrons. The highest BCUT2D eigenvalue weighted by Crippen LogP contribution is 2.29. The third-order valence-electron chi connectivity index (χ3n) is 2.25. The summed E-state index contributed by atoms with van der Waals surface area (Å²) < 4.78 is 18.7. The van der Waals surface area contributed by atoms with Crippen LogP contribution in [0.25, 0.3) is 11.1 Å². The van der Waals surface area contributed by atoms with Crippen molar-refractivity contribution in [1.82, 2.24) is 4.98 Å². The molecule has 0 bridgehead atoms. The predicted molar refractivity (Wildman–Crippen MR) is 66.2 cm³/mol. The first kappa shape index (κ1) is 12.1. The first-order chi connectivity index (χ1) is 8.10. The van der Waals surface area contributed by atoms with Gasteiger partial charge in [-0.25, -0.2) is 9.37 Å². The minimum absolute atomic E-state index is 0.217. The molecular formula is C12H8Cl2FNO. The van der Waals surface area contributed by atoms with E-state index < -0.39 is 0 Å². The van der Waals surface area contributed by atoms with Gasteiger partial charge in [0.2, 0.25) is 0 Å². The maximum Gasteiger partial charge on any atom is 0.131 e. The van der Waals surface area contributed by atoms with E-state index in [2.05, 4.69) is 4.98 Å². The molecule has 2 aromatic rings. The summed E-state index contributed by atoms with van der Waals surface area (Å²) in [6.45, 7) is 0.